The Morgan fingerprint density at radius 1 is 1.19 bits per heavy atom. The summed E-state index contributed by atoms with van der Waals surface area (Å²) in [6.45, 7) is 1.93. The maximum atomic E-state index is 13.9. The van der Waals surface area contributed by atoms with E-state index in [-0.39, 0.29) is 29.1 Å². The monoisotopic (exact) mass is 432 g/mol. The van der Waals surface area contributed by atoms with Crippen molar-refractivity contribution in [3.05, 3.63) is 57.8 Å². The minimum Gasteiger partial charge on any atom is -0.489 e. The fourth-order valence-corrected chi connectivity index (χ4v) is 3.27. The lowest BCUT2D eigenvalue weighted by Crippen LogP contribution is -2.35. The van der Waals surface area contributed by atoms with Gasteiger partial charge in [-0.05, 0) is 44.2 Å². The quantitative estimate of drug-likeness (QED) is 0.713. The van der Waals surface area contributed by atoms with Crippen LogP contribution in [-0.2, 0) is 0 Å². The average molecular weight is 434 g/mol. The number of rotatable bonds is 4. The van der Waals surface area contributed by atoms with E-state index < -0.39 is 11.7 Å². The van der Waals surface area contributed by atoms with Gasteiger partial charge >= 0.3 is 0 Å². The molecule has 146 valence electrons. The Hall–Kier alpha value is -1.53. The minimum atomic E-state index is -0.674. The van der Waals surface area contributed by atoms with Crippen molar-refractivity contribution in [1.82, 2.24) is 4.90 Å². The van der Waals surface area contributed by atoms with E-state index in [2.05, 4.69) is 17.3 Å². The van der Waals surface area contributed by atoms with E-state index in [1.54, 1.807) is 18.2 Å². The van der Waals surface area contributed by atoms with Gasteiger partial charge in [0.1, 0.15) is 17.7 Å². The standard InChI is InChI=1S/C19H19Cl2FN2O2.ClH/c1-24-9-7-13(8-10-24)26-17-11-12(5-6-14(17)20)23-19(25)18-15(21)3-2-4-16(18)22;/h2-6,11,13H,7-10H2,1H3,(H,23,25);1H. The number of carbonyl (C=O) groups is 1. The van der Waals surface area contributed by atoms with E-state index >= 15 is 0 Å². The molecule has 1 heterocycles. The van der Waals surface area contributed by atoms with Crippen molar-refractivity contribution in [1.29, 1.82) is 0 Å². The SMILES string of the molecule is CN1CCC(Oc2cc(NC(=O)c3c(F)cccc3Cl)ccc2Cl)CC1.Cl. The summed E-state index contributed by atoms with van der Waals surface area (Å²) in [5.74, 6) is -0.800. The summed E-state index contributed by atoms with van der Waals surface area (Å²) >= 11 is 12.2. The molecule has 2 aromatic carbocycles. The van der Waals surface area contributed by atoms with Crippen molar-refractivity contribution in [2.24, 2.45) is 0 Å². The number of nitrogens with one attached hydrogen (secondary N) is 1. The van der Waals surface area contributed by atoms with Crippen LogP contribution >= 0.6 is 35.6 Å². The third-order valence-corrected chi connectivity index (χ3v) is 4.97. The lowest BCUT2D eigenvalue weighted by atomic mass is 10.1. The molecule has 0 spiro atoms. The molecule has 4 nitrogen and oxygen atoms in total. The van der Waals surface area contributed by atoms with Crippen molar-refractivity contribution >= 4 is 47.2 Å². The molecule has 0 unspecified atom stereocenters. The van der Waals surface area contributed by atoms with Gasteiger partial charge in [-0.15, -0.1) is 12.4 Å². The fraction of sp³-hybridized carbons (Fsp3) is 0.316. The van der Waals surface area contributed by atoms with Crippen molar-refractivity contribution in [2.45, 2.75) is 18.9 Å². The van der Waals surface area contributed by atoms with Crippen molar-refractivity contribution in [3.8, 4) is 5.75 Å². The van der Waals surface area contributed by atoms with E-state index in [0.717, 1.165) is 25.9 Å². The molecule has 1 aliphatic heterocycles. The summed E-state index contributed by atoms with van der Waals surface area (Å²) in [6, 6.07) is 9.03. The van der Waals surface area contributed by atoms with Crippen LogP contribution in [0.4, 0.5) is 10.1 Å². The molecule has 1 aliphatic rings. The van der Waals surface area contributed by atoms with E-state index in [0.29, 0.717) is 16.5 Å². The molecule has 27 heavy (non-hydrogen) atoms. The van der Waals surface area contributed by atoms with Gasteiger partial charge in [0.25, 0.3) is 5.91 Å². The van der Waals surface area contributed by atoms with Gasteiger partial charge in [0.2, 0.25) is 0 Å². The molecule has 0 bridgehead atoms. The van der Waals surface area contributed by atoms with Crippen LogP contribution in [-0.4, -0.2) is 37.0 Å². The molecule has 2 aromatic rings. The van der Waals surface area contributed by atoms with Crippen molar-refractivity contribution in [2.75, 3.05) is 25.5 Å². The van der Waals surface area contributed by atoms with Gasteiger partial charge in [0.05, 0.1) is 15.6 Å². The highest BCUT2D eigenvalue weighted by molar-refractivity contribution is 6.34. The number of amides is 1. The number of hydrogen-bond acceptors (Lipinski definition) is 3. The van der Waals surface area contributed by atoms with E-state index in [1.807, 2.05) is 0 Å². The van der Waals surface area contributed by atoms with Gasteiger partial charge < -0.3 is 15.0 Å². The lowest BCUT2D eigenvalue weighted by Gasteiger charge is -2.29. The fourth-order valence-electron chi connectivity index (χ4n) is 2.86. The summed E-state index contributed by atoms with van der Waals surface area (Å²) in [5.41, 5.74) is 0.267. The molecule has 1 saturated heterocycles. The van der Waals surface area contributed by atoms with Gasteiger partial charge in [-0.25, -0.2) is 4.39 Å². The lowest BCUT2D eigenvalue weighted by molar-refractivity contribution is 0.102. The van der Waals surface area contributed by atoms with Crippen LogP contribution in [0.25, 0.3) is 0 Å². The number of piperidine rings is 1. The van der Waals surface area contributed by atoms with Crippen LogP contribution in [0.5, 0.6) is 5.75 Å². The Morgan fingerprint density at radius 3 is 2.56 bits per heavy atom. The average Bonchev–Trinajstić information content (AvgIpc) is 2.59. The second-order valence-electron chi connectivity index (χ2n) is 6.32. The maximum Gasteiger partial charge on any atom is 0.260 e. The van der Waals surface area contributed by atoms with Crippen molar-refractivity contribution in [3.63, 3.8) is 0 Å². The largest absolute Gasteiger partial charge is 0.489 e. The molecule has 0 aliphatic carbocycles. The number of nitrogens with zero attached hydrogens (tertiary/aromatic N) is 1. The topological polar surface area (TPSA) is 41.6 Å². The molecule has 8 heteroatoms. The smallest absolute Gasteiger partial charge is 0.260 e. The second kappa shape index (κ2) is 9.60. The zero-order valence-corrected chi connectivity index (χ0v) is 17.0. The normalized spacial score (nSPS) is 15.1. The predicted octanol–water partition coefficient (Wildman–Crippen LogP) is 5.28. The Labute approximate surface area is 174 Å². The number of likely N-dealkylation sites (tertiary alicyclic amines) is 1. The van der Waals surface area contributed by atoms with E-state index in [9.17, 15) is 9.18 Å². The summed E-state index contributed by atoms with van der Waals surface area (Å²) < 4.78 is 19.9. The van der Waals surface area contributed by atoms with Gasteiger partial charge in [-0.3, -0.25) is 4.79 Å². The highest BCUT2D eigenvalue weighted by Crippen LogP contribution is 2.31. The zero-order chi connectivity index (χ0) is 18.7. The molecule has 1 amide bonds. The molecular weight excluding hydrogens is 414 g/mol. The molecule has 1 N–H and O–H groups in total. The van der Waals surface area contributed by atoms with Crippen molar-refractivity contribution < 1.29 is 13.9 Å². The van der Waals surface area contributed by atoms with Crippen LogP contribution in [0.3, 0.4) is 0 Å². The van der Waals surface area contributed by atoms with E-state index in [1.165, 1.54) is 18.2 Å². The number of hydrogen-bond donors (Lipinski definition) is 1. The minimum absolute atomic E-state index is 0. The first-order chi connectivity index (χ1) is 12.4. The predicted molar refractivity (Wildman–Crippen MR) is 109 cm³/mol. The van der Waals surface area contributed by atoms with Crippen LogP contribution in [0.2, 0.25) is 10.0 Å². The van der Waals surface area contributed by atoms with Crippen LogP contribution in [0.15, 0.2) is 36.4 Å². The summed E-state index contributed by atoms with van der Waals surface area (Å²) in [4.78, 5) is 14.6. The third kappa shape index (κ3) is 5.48. The second-order valence-corrected chi connectivity index (χ2v) is 7.13. The third-order valence-electron chi connectivity index (χ3n) is 4.34. The zero-order valence-electron chi connectivity index (χ0n) is 14.7. The Bertz CT molecular complexity index is 791. The molecule has 0 atom stereocenters. The summed E-state index contributed by atoms with van der Waals surface area (Å²) in [6.07, 6.45) is 1.90. The molecule has 0 aromatic heterocycles. The Morgan fingerprint density at radius 2 is 1.89 bits per heavy atom. The van der Waals surface area contributed by atoms with Gasteiger partial charge in [0, 0.05) is 24.8 Å². The molecule has 3 rings (SSSR count). The van der Waals surface area contributed by atoms with Gasteiger partial charge in [-0.2, -0.15) is 0 Å². The number of benzene rings is 2. The van der Waals surface area contributed by atoms with Crippen LogP contribution in [0.1, 0.15) is 23.2 Å². The van der Waals surface area contributed by atoms with Gasteiger partial charge in [0.15, 0.2) is 0 Å². The Kier molecular flexibility index (Phi) is 7.74. The first-order valence-electron chi connectivity index (χ1n) is 8.34. The molecule has 1 fully saturated rings. The van der Waals surface area contributed by atoms with Crippen LogP contribution in [0, 0.1) is 5.82 Å². The number of anilines is 1. The molecule has 0 radical (unpaired) electrons. The molecular formula is C19H20Cl3FN2O2. The first-order valence-corrected chi connectivity index (χ1v) is 9.10. The van der Waals surface area contributed by atoms with E-state index in [4.69, 9.17) is 27.9 Å². The highest BCUT2D eigenvalue weighted by Gasteiger charge is 2.20. The summed E-state index contributed by atoms with van der Waals surface area (Å²) in [7, 11) is 2.08. The number of halogens is 4. The summed E-state index contributed by atoms with van der Waals surface area (Å²) in [5, 5.41) is 3.16. The van der Waals surface area contributed by atoms with Gasteiger partial charge in [-0.1, -0.05) is 29.3 Å². The van der Waals surface area contributed by atoms with Crippen LogP contribution < -0.4 is 10.1 Å². The maximum absolute atomic E-state index is 13.9. The highest BCUT2D eigenvalue weighted by atomic mass is 35.5. The number of carbonyl (C=O) groups excluding carboxylic acids is 1. The molecule has 0 saturated carbocycles. The first kappa shape index (κ1) is 21.8. The Balaban J connectivity index is 0.00000261. The number of ether oxygens (including phenoxy) is 1.